The summed E-state index contributed by atoms with van der Waals surface area (Å²) in [6.07, 6.45) is -11.0. The first kappa shape index (κ1) is 24.1. The average Bonchev–Trinajstić information content (AvgIpc) is 2.76. The van der Waals surface area contributed by atoms with Gasteiger partial charge in [-0.25, -0.2) is 9.97 Å². The molecule has 2 aromatic heterocycles. The number of nitrogens with zero attached hydrogens (tertiary/aromatic N) is 3. The Labute approximate surface area is 182 Å². The monoisotopic (exact) mass is 471 g/mol. The topological polar surface area (TPSA) is 85.2 Å². The maximum absolute atomic E-state index is 12.5. The van der Waals surface area contributed by atoms with Crippen LogP contribution in [0.1, 0.15) is 23.3 Å². The zero-order valence-electron chi connectivity index (χ0n) is 16.6. The molecular formula is C21H15F6N3O3. The number of rotatable bonds is 7. The number of pyridine rings is 1. The normalized spacial score (nSPS) is 12.9. The molecule has 3 rings (SSSR count). The lowest BCUT2D eigenvalue weighted by Gasteiger charge is -2.14. The van der Waals surface area contributed by atoms with Crippen LogP contribution in [0.4, 0.5) is 26.3 Å². The Bertz CT molecular complexity index is 1100. The molecular weight excluding hydrogens is 456 g/mol. The number of hydrogen-bond acceptors (Lipinski definition) is 6. The summed E-state index contributed by atoms with van der Waals surface area (Å²) in [6, 6.07) is 9.04. The molecule has 0 fully saturated rings. The molecule has 0 aliphatic carbocycles. The molecule has 174 valence electrons. The number of halogens is 6. The minimum atomic E-state index is -4.87. The van der Waals surface area contributed by atoms with Gasteiger partial charge in [-0.05, 0) is 48.9 Å². The molecule has 12 heteroatoms. The van der Waals surface area contributed by atoms with Crippen LogP contribution >= 0.6 is 0 Å². The Morgan fingerprint density at radius 2 is 1.70 bits per heavy atom. The number of carbonyl (C=O) groups is 1. The van der Waals surface area contributed by atoms with Gasteiger partial charge in [0, 0.05) is 29.9 Å². The van der Waals surface area contributed by atoms with Crippen LogP contribution in [0.3, 0.4) is 0 Å². The molecule has 0 aliphatic rings. The van der Waals surface area contributed by atoms with Gasteiger partial charge in [-0.15, -0.1) is 13.2 Å². The highest BCUT2D eigenvalue weighted by Gasteiger charge is 2.38. The third kappa shape index (κ3) is 6.72. The highest BCUT2D eigenvalue weighted by molar-refractivity contribution is 5.95. The maximum Gasteiger partial charge on any atom is 0.573 e. The van der Waals surface area contributed by atoms with Gasteiger partial charge in [0.1, 0.15) is 17.5 Å². The van der Waals surface area contributed by atoms with Gasteiger partial charge >= 0.3 is 12.5 Å². The van der Waals surface area contributed by atoms with E-state index in [-0.39, 0.29) is 17.2 Å². The Morgan fingerprint density at radius 3 is 2.27 bits per heavy atom. The molecule has 0 bridgehead atoms. The molecule has 33 heavy (non-hydrogen) atoms. The summed E-state index contributed by atoms with van der Waals surface area (Å²) in [5, 5.41) is 9.14. The molecule has 0 unspecified atom stereocenters. The Balaban J connectivity index is 1.94. The van der Waals surface area contributed by atoms with Crippen LogP contribution < -0.4 is 4.74 Å². The van der Waals surface area contributed by atoms with Crippen LogP contribution in [0, 0.1) is 0 Å². The zero-order chi connectivity index (χ0) is 24.2. The fraction of sp³-hybridized carbons (Fsp3) is 0.238. The van der Waals surface area contributed by atoms with Crippen molar-refractivity contribution in [3.8, 4) is 28.4 Å². The average molecular weight is 471 g/mol. The summed E-state index contributed by atoms with van der Waals surface area (Å²) >= 11 is 0. The third-order valence-electron chi connectivity index (χ3n) is 4.34. The van der Waals surface area contributed by atoms with Gasteiger partial charge in [0.05, 0.1) is 5.69 Å². The van der Waals surface area contributed by atoms with E-state index in [4.69, 9.17) is 5.11 Å². The summed E-state index contributed by atoms with van der Waals surface area (Å²) in [5.74, 6) is -1.20. The predicted octanol–water partition coefficient (Wildman–Crippen LogP) is 4.99. The number of carbonyl (C=O) groups excluding carboxylic acids is 1. The smallest absolute Gasteiger partial charge is 0.406 e. The highest BCUT2D eigenvalue weighted by atomic mass is 19.4. The lowest BCUT2D eigenvalue weighted by atomic mass is 10.1. The molecule has 0 saturated heterocycles. The van der Waals surface area contributed by atoms with Crippen molar-refractivity contribution in [3.05, 3.63) is 60.6 Å². The molecule has 0 radical (unpaired) electrons. The first-order valence-electron chi connectivity index (χ1n) is 9.36. The van der Waals surface area contributed by atoms with Crippen LogP contribution in [0.25, 0.3) is 22.6 Å². The molecule has 1 N–H and O–H groups in total. The van der Waals surface area contributed by atoms with Crippen molar-refractivity contribution < 1.29 is 41.0 Å². The maximum atomic E-state index is 12.5. The summed E-state index contributed by atoms with van der Waals surface area (Å²) in [4.78, 5) is 24.8. The van der Waals surface area contributed by atoms with Gasteiger partial charge in [0.25, 0.3) is 0 Å². The van der Waals surface area contributed by atoms with Crippen molar-refractivity contribution in [2.75, 3.05) is 0 Å². The van der Waals surface area contributed by atoms with E-state index < -0.39 is 43.0 Å². The van der Waals surface area contributed by atoms with Crippen molar-refractivity contribution in [1.82, 2.24) is 15.0 Å². The van der Waals surface area contributed by atoms with Gasteiger partial charge in [-0.3, -0.25) is 9.78 Å². The van der Waals surface area contributed by atoms with E-state index in [2.05, 4.69) is 19.7 Å². The number of hydrogen-bond donors (Lipinski definition) is 1. The van der Waals surface area contributed by atoms with E-state index in [9.17, 15) is 31.1 Å². The molecule has 1 atom stereocenters. The van der Waals surface area contributed by atoms with Crippen molar-refractivity contribution in [2.45, 2.75) is 31.5 Å². The summed E-state index contributed by atoms with van der Waals surface area (Å²) in [5.41, 5.74) is 0.633. The standard InChI is InChI=1S/C21H15F6N3O3/c22-20(23,24)18(32)8-7-17(31)16-10-15(29-19(30-16)13-2-1-9-28-11-13)12-3-5-14(6-4-12)33-21(25,26)27/h1-6,9-11,18,32H,7-8H2/t18-/m0/s1. The highest BCUT2D eigenvalue weighted by Crippen LogP contribution is 2.28. The largest absolute Gasteiger partial charge is 0.573 e. The Hall–Kier alpha value is -3.54. The quantitative estimate of drug-likeness (QED) is 0.386. The first-order valence-corrected chi connectivity index (χ1v) is 9.36. The number of alkyl halides is 6. The summed E-state index contributed by atoms with van der Waals surface area (Å²) in [6.45, 7) is 0. The van der Waals surface area contributed by atoms with Gasteiger partial charge in [0.15, 0.2) is 11.6 Å². The molecule has 6 nitrogen and oxygen atoms in total. The van der Waals surface area contributed by atoms with Crippen LogP contribution in [-0.2, 0) is 0 Å². The number of benzene rings is 1. The van der Waals surface area contributed by atoms with Gasteiger partial charge < -0.3 is 9.84 Å². The number of Topliss-reactive ketones (excluding diaryl/α,β-unsaturated/α-hetero) is 1. The van der Waals surface area contributed by atoms with E-state index >= 15 is 0 Å². The van der Waals surface area contributed by atoms with Gasteiger partial charge in [0.2, 0.25) is 0 Å². The summed E-state index contributed by atoms with van der Waals surface area (Å²) < 4.78 is 78.5. The summed E-state index contributed by atoms with van der Waals surface area (Å²) in [7, 11) is 0. The first-order chi connectivity index (χ1) is 15.4. The molecule has 0 aliphatic heterocycles. The number of ketones is 1. The minimum absolute atomic E-state index is 0.0379. The van der Waals surface area contributed by atoms with Crippen molar-refractivity contribution >= 4 is 5.78 Å². The Kier molecular flexibility index (Phi) is 6.96. The molecule has 0 amide bonds. The van der Waals surface area contributed by atoms with E-state index in [0.29, 0.717) is 11.1 Å². The number of ether oxygens (including phenoxy) is 1. The molecule has 1 aromatic carbocycles. The number of aliphatic hydroxyl groups excluding tert-OH is 1. The number of aliphatic hydroxyl groups is 1. The van der Waals surface area contributed by atoms with Crippen LogP contribution in [-0.4, -0.2) is 44.5 Å². The molecule has 3 aromatic rings. The van der Waals surface area contributed by atoms with Crippen molar-refractivity contribution in [3.63, 3.8) is 0 Å². The fourth-order valence-corrected chi connectivity index (χ4v) is 2.75. The lowest BCUT2D eigenvalue weighted by Crippen LogP contribution is -2.29. The number of aromatic nitrogens is 3. The Morgan fingerprint density at radius 1 is 1.00 bits per heavy atom. The zero-order valence-corrected chi connectivity index (χ0v) is 16.6. The second kappa shape index (κ2) is 9.53. The van der Waals surface area contributed by atoms with Crippen LogP contribution in [0.5, 0.6) is 5.75 Å². The second-order valence-electron chi connectivity index (χ2n) is 6.80. The third-order valence-corrected chi connectivity index (χ3v) is 4.34. The van der Waals surface area contributed by atoms with Crippen LogP contribution in [0.2, 0.25) is 0 Å². The molecule has 2 heterocycles. The molecule has 0 spiro atoms. The fourth-order valence-electron chi connectivity index (χ4n) is 2.75. The van der Waals surface area contributed by atoms with Crippen molar-refractivity contribution in [1.29, 1.82) is 0 Å². The minimum Gasteiger partial charge on any atom is -0.406 e. The second-order valence-corrected chi connectivity index (χ2v) is 6.80. The SMILES string of the molecule is O=C(CC[C@H](O)C(F)(F)F)c1cc(-c2ccc(OC(F)(F)F)cc2)nc(-c2cccnc2)n1. The van der Waals surface area contributed by atoms with Crippen molar-refractivity contribution in [2.24, 2.45) is 0 Å². The van der Waals surface area contributed by atoms with Crippen LogP contribution in [0.15, 0.2) is 54.9 Å². The van der Waals surface area contributed by atoms with E-state index in [0.717, 1.165) is 12.1 Å². The predicted molar refractivity (Wildman–Crippen MR) is 103 cm³/mol. The van der Waals surface area contributed by atoms with E-state index in [1.54, 1.807) is 12.1 Å². The van der Waals surface area contributed by atoms with E-state index in [1.807, 2.05) is 0 Å². The van der Waals surface area contributed by atoms with Gasteiger partial charge in [-0.1, -0.05) is 0 Å². The lowest BCUT2D eigenvalue weighted by molar-refractivity contribution is -0.274. The van der Waals surface area contributed by atoms with E-state index in [1.165, 1.54) is 30.6 Å². The van der Waals surface area contributed by atoms with Gasteiger partial charge in [-0.2, -0.15) is 13.2 Å². The molecule has 0 saturated carbocycles.